The normalized spacial score (nSPS) is 10.3. The molecule has 0 saturated heterocycles. The van der Waals surface area contributed by atoms with Crippen LogP contribution in [-0.2, 0) is 13.2 Å². The minimum absolute atomic E-state index is 0.167. The number of rotatable bonds is 7. The van der Waals surface area contributed by atoms with E-state index in [1.54, 1.807) is 13.2 Å². The van der Waals surface area contributed by atoms with Crippen LogP contribution < -0.4 is 14.8 Å². The Hall–Kier alpha value is -3.14. The minimum Gasteiger partial charge on any atom is -0.504 e. The lowest BCUT2D eigenvalue weighted by Crippen LogP contribution is -2.00. The number of methoxy groups -OCH3 is 1. The van der Waals surface area contributed by atoms with Gasteiger partial charge in [0.25, 0.3) is 0 Å². The molecule has 3 rings (SSSR count). The molecule has 0 unspecified atom stereocenters. The fraction of sp³-hybridized carbons (Fsp3) is 0.143. The molecule has 0 spiro atoms. The summed E-state index contributed by atoms with van der Waals surface area (Å²) >= 11 is 0. The van der Waals surface area contributed by atoms with E-state index in [0.717, 1.165) is 22.6 Å². The van der Waals surface area contributed by atoms with Crippen molar-refractivity contribution in [2.24, 2.45) is 0 Å². The van der Waals surface area contributed by atoms with Crippen molar-refractivity contribution in [1.82, 2.24) is 0 Å². The molecule has 3 aromatic rings. The molecule has 0 aliphatic rings. The van der Waals surface area contributed by atoms with E-state index in [1.165, 1.54) is 0 Å². The second-order valence-corrected chi connectivity index (χ2v) is 5.62. The van der Waals surface area contributed by atoms with Crippen LogP contribution in [0.25, 0.3) is 0 Å². The SMILES string of the molecule is COc1cccc(CNc2ccc(OCc3ccccc3)cc2)c1O. The molecule has 0 radical (unpaired) electrons. The highest BCUT2D eigenvalue weighted by Crippen LogP contribution is 2.30. The zero-order chi connectivity index (χ0) is 17.5. The third-order valence-corrected chi connectivity index (χ3v) is 3.89. The van der Waals surface area contributed by atoms with Crippen LogP contribution in [0.2, 0.25) is 0 Å². The molecular weight excluding hydrogens is 314 g/mol. The van der Waals surface area contributed by atoms with E-state index in [4.69, 9.17) is 9.47 Å². The first kappa shape index (κ1) is 16.7. The van der Waals surface area contributed by atoms with E-state index < -0.39 is 0 Å². The number of para-hydroxylation sites is 1. The van der Waals surface area contributed by atoms with Crippen molar-refractivity contribution in [1.29, 1.82) is 0 Å². The Bertz CT molecular complexity index is 801. The average Bonchev–Trinajstić information content (AvgIpc) is 2.67. The number of phenols is 1. The summed E-state index contributed by atoms with van der Waals surface area (Å²) in [4.78, 5) is 0. The van der Waals surface area contributed by atoms with Gasteiger partial charge in [0.1, 0.15) is 12.4 Å². The Labute approximate surface area is 147 Å². The van der Waals surface area contributed by atoms with Crippen molar-refractivity contribution in [2.45, 2.75) is 13.2 Å². The lowest BCUT2D eigenvalue weighted by atomic mass is 10.2. The van der Waals surface area contributed by atoms with Gasteiger partial charge in [-0.2, -0.15) is 0 Å². The number of ether oxygens (including phenoxy) is 2. The van der Waals surface area contributed by atoms with Gasteiger partial charge in [0.15, 0.2) is 11.5 Å². The third kappa shape index (κ3) is 4.44. The standard InChI is InChI=1S/C21H21NO3/c1-24-20-9-5-8-17(21(20)23)14-22-18-10-12-19(13-11-18)25-15-16-6-3-2-4-7-16/h2-13,22-23H,14-15H2,1H3. The third-order valence-electron chi connectivity index (χ3n) is 3.89. The number of hydrogen-bond donors (Lipinski definition) is 2. The smallest absolute Gasteiger partial charge is 0.162 e. The molecule has 0 saturated carbocycles. The summed E-state index contributed by atoms with van der Waals surface area (Å²) in [6.45, 7) is 1.05. The predicted molar refractivity (Wildman–Crippen MR) is 99.2 cm³/mol. The second kappa shape index (κ2) is 8.11. The fourth-order valence-corrected chi connectivity index (χ4v) is 2.48. The molecule has 2 N–H and O–H groups in total. The molecule has 0 bridgehead atoms. The molecule has 0 fully saturated rings. The van der Waals surface area contributed by atoms with Crippen LogP contribution >= 0.6 is 0 Å². The summed E-state index contributed by atoms with van der Waals surface area (Å²) in [6, 6.07) is 23.3. The fourth-order valence-electron chi connectivity index (χ4n) is 2.48. The Morgan fingerprint density at radius 1 is 0.880 bits per heavy atom. The van der Waals surface area contributed by atoms with Gasteiger partial charge >= 0.3 is 0 Å². The van der Waals surface area contributed by atoms with Crippen molar-refractivity contribution in [3.05, 3.63) is 83.9 Å². The van der Waals surface area contributed by atoms with Crippen molar-refractivity contribution in [2.75, 3.05) is 12.4 Å². The predicted octanol–water partition coefficient (Wildman–Crippen LogP) is 4.59. The maximum atomic E-state index is 10.1. The Kier molecular flexibility index (Phi) is 5.42. The van der Waals surface area contributed by atoms with Crippen LogP contribution in [0.1, 0.15) is 11.1 Å². The van der Waals surface area contributed by atoms with Crippen LogP contribution in [0.3, 0.4) is 0 Å². The van der Waals surface area contributed by atoms with Gasteiger partial charge in [0.2, 0.25) is 0 Å². The molecule has 0 heterocycles. The number of benzene rings is 3. The van der Waals surface area contributed by atoms with Gasteiger partial charge in [-0.3, -0.25) is 0 Å². The van der Waals surface area contributed by atoms with Gasteiger partial charge in [0.05, 0.1) is 7.11 Å². The second-order valence-electron chi connectivity index (χ2n) is 5.62. The molecule has 3 aromatic carbocycles. The minimum atomic E-state index is 0.167. The molecule has 0 aromatic heterocycles. The first-order valence-corrected chi connectivity index (χ1v) is 8.12. The number of phenolic OH excluding ortho intramolecular Hbond substituents is 1. The highest BCUT2D eigenvalue weighted by Gasteiger charge is 2.06. The molecule has 0 amide bonds. The molecule has 4 heteroatoms. The summed E-state index contributed by atoms with van der Waals surface area (Å²) < 4.78 is 10.9. The van der Waals surface area contributed by atoms with E-state index in [-0.39, 0.29) is 5.75 Å². The Balaban J connectivity index is 1.56. The Morgan fingerprint density at radius 2 is 1.64 bits per heavy atom. The van der Waals surface area contributed by atoms with Gasteiger partial charge in [-0.1, -0.05) is 42.5 Å². The van der Waals surface area contributed by atoms with Gasteiger partial charge in [-0.15, -0.1) is 0 Å². The quantitative estimate of drug-likeness (QED) is 0.663. The van der Waals surface area contributed by atoms with Crippen molar-refractivity contribution >= 4 is 5.69 Å². The van der Waals surface area contributed by atoms with E-state index in [1.807, 2.05) is 66.7 Å². The van der Waals surface area contributed by atoms with E-state index in [9.17, 15) is 5.11 Å². The topological polar surface area (TPSA) is 50.7 Å². The van der Waals surface area contributed by atoms with Crippen LogP contribution in [0.15, 0.2) is 72.8 Å². The largest absolute Gasteiger partial charge is 0.504 e. The lowest BCUT2D eigenvalue weighted by Gasteiger charge is -2.11. The van der Waals surface area contributed by atoms with Crippen LogP contribution in [0.5, 0.6) is 17.2 Å². The Morgan fingerprint density at radius 3 is 2.36 bits per heavy atom. The number of anilines is 1. The molecule has 128 valence electrons. The highest BCUT2D eigenvalue weighted by molar-refractivity contribution is 5.50. The maximum Gasteiger partial charge on any atom is 0.162 e. The molecule has 4 nitrogen and oxygen atoms in total. The summed E-state index contributed by atoms with van der Waals surface area (Å²) in [7, 11) is 1.54. The van der Waals surface area contributed by atoms with E-state index in [0.29, 0.717) is 18.9 Å². The lowest BCUT2D eigenvalue weighted by molar-refractivity contribution is 0.306. The van der Waals surface area contributed by atoms with E-state index >= 15 is 0 Å². The average molecular weight is 335 g/mol. The van der Waals surface area contributed by atoms with Crippen LogP contribution in [0, 0.1) is 0 Å². The number of hydrogen-bond acceptors (Lipinski definition) is 4. The molecule has 25 heavy (non-hydrogen) atoms. The first-order chi connectivity index (χ1) is 12.3. The van der Waals surface area contributed by atoms with Gasteiger partial charge in [0, 0.05) is 17.8 Å². The summed E-state index contributed by atoms with van der Waals surface area (Å²) in [5.74, 6) is 1.46. The zero-order valence-electron chi connectivity index (χ0n) is 14.1. The van der Waals surface area contributed by atoms with Gasteiger partial charge in [-0.05, 0) is 35.9 Å². The number of aromatic hydroxyl groups is 1. The van der Waals surface area contributed by atoms with Crippen molar-refractivity contribution in [3.8, 4) is 17.2 Å². The summed E-state index contributed by atoms with van der Waals surface area (Å²) in [6.07, 6.45) is 0. The van der Waals surface area contributed by atoms with Gasteiger partial charge < -0.3 is 19.9 Å². The zero-order valence-corrected chi connectivity index (χ0v) is 14.1. The van der Waals surface area contributed by atoms with Crippen LogP contribution in [0.4, 0.5) is 5.69 Å². The molecule has 0 atom stereocenters. The van der Waals surface area contributed by atoms with E-state index in [2.05, 4.69) is 5.32 Å². The summed E-state index contributed by atoms with van der Waals surface area (Å²) in [5.41, 5.74) is 2.87. The van der Waals surface area contributed by atoms with Crippen LogP contribution in [-0.4, -0.2) is 12.2 Å². The molecule has 0 aliphatic carbocycles. The number of nitrogens with one attached hydrogen (secondary N) is 1. The molecular formula is C21H21NO3. The maximum absolute atomic E-state index is 10.1. The van der Waals surface area contributed by atoms with Gasteiger partial charge in [-0.25, -0.2) is 0 Å². The van der Waals surface area contributed by atoms with Crippen molar-refractivity contribution in [3.63, 3.8) is 0 Å². The molecule has 0 aliphatic heterocycles. The summed E-state index contributed by atoms with van der Waals surface area (Å²) in [5, 5.41) is 13.4. The highest BCUT2D eigenvalue weighted by atomic mass is 16.5. The first-order valence-electron chi connectivity index (χ1n) is 8.12. The monoisotopic (exact) mass is 335 g/mol. The van der Waals surface area contributed by atoms with Crippen molar-refractivity contribution < 1.29 is 14.6 Å².